The van der Waals surface area contributed by atoms with Crippen molar-refractivity contribution in [2.45, 2.75) is 0 Å². The number of nitrogens with zero attached hydrogens (tertiary/aromatic N) is 5. The second kappa shape index (κ2) is 7.75. The number of pyridine rings is 1. The van der Waals surface area contributed by atoms with Crippen molar-refractivity contribution in [3.63, 3.8) is 0 Å². The number of aromatic nitrogens is 5. The van der Waals surface area contributed by atoms with Crippen LogP contribution in [0.5, 0.6) is 5.75 Å². The second-order valence-corrected chi connectivity index (χ2v) is 6.85. The first-order valence-corrected chi connectivity index (χ1v) is 9.59. The summed E-state index contributed by atoms with van der Waals surface area (Å²) in [6.45, 7) is 0. The van der Waals surface area contributed by atoms with Gasteiger partial charge in [-0.15, -0.1) is 0 Å². The fraction of sp³-hybridized carbons (Fsp3) is 0.0435. The summed E-state index contributed by atoms with van der Waals surface area (Å²) in [5, 5.41) is 7.29. The van der Waals surface area contributed by atoms with Crippen molar-refractivity contribution >= 4 is 17.1 Å². The van der Waals surface area contributed by atoms with E-state index >= 15 is 0 Å². The number of amides is 1. The van der Waals surface area contributed by atoms with Gasteiger partial charge in [0.25, 0.3) is 5.91 Å². The molecule has 0 spiro atoms. The zero-order valence-corrected chi connectivity index (χ0v) is 16.6. The number of rotatable bonds is 5. The van der Waals surface area contributed by atoms with Crippen molar-refractivity contribution in [1.82, 2.24) is 24.1 Å². The van der Waals surface area contributed by atoms with Crippen molar-refractivity contribution in [3.05, 3.63) is 91.4 Å². The number of nitrogens with one attached hydrogen (secondary N) is 1. The van der Waals surface area contributed by atoms with E-state index in [0.29, 0.717) is 17.1 Å². The molecule has 31 heavy (non-hydrogen) atoms. The Bertz CT molecular complexity index is 1370. The Hall–Kier alpha value is -4.46. The number of hydrogen-bond donors (Lipinski definition) is 1. The minimum atomic E-state index is -0.270. The van der Waals surface area contributed by atoms with Crippen LogP contribution in [0.1, 0.15) is 10.5 Å². The maximum absolute atomic E-state index is 13.0. The van der Waals surface area contributed by atoms with E-state index in [1.54, 1.807) is 42.5 Å². The highest BCUT2D eigenvalue weighted by molar-refractivity contribution is 6.03. The highest BCUT2D eigenvalue weighted by Crippen LogP contribution is 2.23. The molecule has 0 unspecified atom stereocenters. The number of methoxy groups -OCH3 is 1. The Kier molecular flexibility index (Phi) is 4.64. The van der Waals surface area contributed by atoms with Gasteiger partial charge in [-0.25, -0.2) is 14.6 Å². The van der Waals surface area contributed by atoms with E-state index in [4.69, 9.17) is 4.74 Å². The third kappa shape index (κ3) is 3.51. The van der Waals surface area contributed by atoms with E-state index in [1.165, 1.54) is 6.33 Å². The average molecular weight is 410 g/mol. The van der Waals surface area contributed by atoms with Gasteiger partial charge in [0.2, 0.25) is 0 Å². The molecule has 0 radical (unpaired) electrons. The first kappa shape index (κ1) is 18.6. The maximum Gasteiger partial charge on any atom is 0.274 e. The van der Waals surface area contributed by atoms with E-state index in [9.17, 15) is 4.79 Å². The molecule has 8 heteroatoms. The Morgan fingerprint density at radius 3 is 2.68 bits per heavy atom. The molecule has 4 heterocycles. The van der Waals surface area contributed by atoms with Crippen LogP contribution in [0.2, 0.25) is 0 Å². The van der Waals surface area contributed by atoms with Crippen LogP contribution in [-0.4, -0.2) is 37.2 Å². The molecule has 1 aromatic carbocycles. The lowest BCUT2D eigenvalue weighted by molar-refractivity contribution is 0.101. The normalized spacial score (nSPS) is 10.9. The van der Waals surface area contributed by atoms with Gasteiger partial charge in [0, 0.05) is 47.0 Å². The summed E-state index contributed by atoms with van der Waals surface area (Å²) in [4.78, 5) is 21.2. The van der Waals surface area contributed by atoms with E-state index in [2.05, 4.69) is 20.4 Å². The largest absolute Gasteiger partial charge is 0.497 e. The van der Waals surface area contributed by atoms with E-state index in [-0.39, 0.29) is 5.91 Å². The van der Waals surface area contributed by atoms with Gasteiger partial charge in [0.1, 0.15) is 23.6 Å². The number of fused-ring (bicyclic) bond motifs is 1. The van der Waals surface area contributed by atoms with E-state index < -0.39 is 0 Å². The van der Waals surface area contributed by atoms with Gasteiger partial charge in [-0.05, 0) is 36.4 Å². The first-order valence-electron chi connectivity index (χ1n) is 9.59. The smallest absolute Gasteiger partial charge is 0.274 e. The van der Waals surface area contributed by atoms with Gasteiger partial charge in [-0.3, -0.25) is 4.79 Å². The second-order valence-electron chi connectivity index (χ2n) is 6.85. The van der Waals surface area contributed by atoms with E-state index in [0.717, 1.165) is 22.5 Å². The summed E-state index contributed by atoms with van der Waals surface area (Å²) in [7, 11) is 1.59. The van der Waals surface area contributed by atoms with Crippen molar-refractivity contribution in [3.8, 4) is 22.7 Å². The Labute approximate surface area is 177 Å². The Morgan fingerprint density at radius 2 is 1.84 bits per heavy atom. The molecule has 1 amide bonds. The summed E-state index contributed by atoms with van der Waals surface area (Å²) in [6, 6.07) is 16.8. The van der Waals surface area contributed by atoms with Crippen LogP contribution in [-0.2, 0) is 0 Å². The van der Waals surface area contributed by atoms with Crippen molar-refractivity contribution < 1.29 is 9.53 Å². The molecule has 152 valence electrons. The standard InChI is InChI=1S/C23H18N6O2/c1-31-20-4-2-3-18(11-20)27-23(30)21-9-10-26-29(21)22-8-7-19-6-5-16(14-28(19)22)17-12-24-15-25-13-17/h2-15H,1H3,(H,27,30). The van der Waals surface area contributed by atoms with Crippen LogP contribution in [0.15, 0.2) is 85.7 Å². The van der Waals surface area contributed by atoms with Crippen LogP contribution in [0.4, 0.5) is 5.69 Å². The molecule has 0 saturated heterocycles. The minimum Gasteiger partial charge on any atom is -0.497 e. The Balaban J connectivity index is 1.52. The predicted octanol–water partition coefficient (Wildman–Crippen LogP) is 3.84. The summed E-state index contributed by atoms with van der Waals surface area (Å²) in [5.74, 6) is 1.14. The summed E-state index contributed by atoms with van der Waals surface area (Å²) < 4.78 is 8.83. The molecule has 5 aromatic rings. The number of hydrogen-bond acceptors (Lipinski definition) is 5. The van der Waals surface area contributed by atoms with Crippen molar-refractivity contribution in [1.29, 1.82) is 0 Å². The van der Waals surface area contributed by atoms with Crippen LogP contribution in [0, 0.1) is 0 Å². The number of carbonyl (C=O) groups excluding carboxylic acids is 1. The Morgan fingerprint density at radius 1 is 1.00 bits per heavy atom. The lowest BCUT2D eigenvalue weighted by Crippen LogP contribution is -2.17. The lowest BCUT2D eigenvalue weighted by atomic mass is 10.1. The predicted molar refractivity (Wildman–Crippen MR) is 116 cm³/mol. The van der Waals surface area contributed by atoms with Crippen LogP contribution in [0.25, 0.3) is 22.5 Å². The molecular formula is C23H18N6O2. The minimum absolute atomic E-state index is 0.270. The van der Waals surface area contributed by atoms with Crippen molar-refractivity contribution in [2.24, 2.45) is 0 Å². The number of anilines is 1. The zero-order valence-electron chi connectivity index (χ0n) is 16.6. The van der Waals surface area contributed by atoms with Crippen LogP contribution >= 0.6 is 0 Å². The number of benzene rings is 1. The SMILES string of the molecule is COc1cccc(NC(=O)c2ccnn2-c2ccc3ccc(-c4cncnc4)cn23)c1. The van der Waals surface area contributed by atoms with Gasteiger partial charge < -0.3 is 14.5 Å². The highest BCUT2D eigenvalue weighted by Gasteiger charge is 2.16. The topological polar surface area (TPSA) is 86.3 Å². The molecule has 0 aliphatic heterocycles. The zero-order chi connectivity index (χ0) is 21.2. The monoisotopic (exact) mass is 410 g/mol. The third-order valence-electron chi connectivity index (χ3n) is 4.94. The fourth-order valence-corrected chi connectivity index (χ4v) is 3.43. The molecule has 0 fully saturated rings. The molecule has 0 bridgehead atoms. The van der Waals surface area contributed by atoms with Crippen LogP contribution < -0.4 is 10.1 Å². The molecule has 5 rings (SSSR count). The first-order chi connectivity index (χ1) is 15.2. The van der Waals surface area contributed by atoms with Gasteiger partial charge in [-0.1, -0.05) is 12.1 Å². The third-order valence-corrected chi connectivity index (χ3v) is 4.94. The molecule has 0 aliphatic rings. The molecule has 4 aromatic heterocycles. The molecule has 1 N–H and O–H groups in total. The molecule has 0 aliphatic carbocycles. The highest BCUT2D eigenvalue weighted by atomic mass is 16.5. The molecule has 0 atom stereocenters. The number of ether oxygens (including phenoxy) is 1. The molecule has 0 saturated carbocycles. The van der Waals surface area contributed by atoms with Gasteiger partial charge in [0.05, 0.1) is 13.3 Å². The van der Waals surface area contributed by atoms with E-state index in [1.807, 2.05) is 53.1 Å². The molecule has 8 nitrogen and oxygen atoms in total. The van der Waals surface area contributed by atoms with Gasteiger partial charge in [0.15, 0.2) is 0 Å². The number of carbonyl (C=O) groups is 1. The van der Waals surface area contributed by atoms with Gasteiger partial charge >= 0.3 is 0 Å². The summed E-state index contributed by atoms with van der Waals surface area (Å²) >= 11 is 0. The summed E-state index contributed by atoms with van der Waals surface area (Å²) in [5.41, 5.74) is 3.89. The molecular weight excluding hydrogens is 392 g/mol. The summed E-state index contributed by atoms with van der Waals surface area (Å²) in [6.07, 6.45) is 8.61. The average Bonchev–Trinajstić information content (AvgIpc) is 3.46. The van der Waals surface area contributed by atoms with Gasteiger partial charge in [-0.2, -0.15) is 5.10 Å². The lowest BCUT2D eigenvalue weighted by Gasteiger charge is -2.10. The van der Waals surface area contributed by atoms with Crippen molar-refractivity contribution in [2.75, 3.05) is 12.4 Å². The van der Waals surface area contributed by atoms with Crippen LogP contribution in [0.3, 0.4) is 0 Å². The quantitative estimate of drug-likeness (QED) is 0.476. The maximum atomic E-state index is 13.0. The fourth-order valence-electron chi connectivity index (χ4n) is 3.43.